The normalized spacial score (nSPS) is 19.5. The summed E-state index contributed by atoms with van der Waals surface area (Å²) in [6, 6.07) is 3.03. The molecule has 1 fully saturated rings. The van der Waals surface area contributed by atoms with E-state index in [1.165, 1.54) is 12.4 Å². The van der Waals surface area contributed by atoms with Crippen molar-refractivity contribution in [2.24, 2.45) is 9.98 Å². The molecule has 1 saturated carbocycles. The Bertz CT molecular complexity index is 1170. The highest BCUT2D eigenvalue weighted by atomic mass is 19.4. The molecule has 39 heavy (non-hydrogen) atoms. The molecule has 2 aromatic carbocycles. The van der Waals surface area contributed by atoms with Crippen LogP contribution in [0.15, 0.2) is 34.3 Å². The molecule has 4 nitrogen and oxygen atoms in total. The molecule has 1 aliphatic carbocycles. The van der Waals surface area contributed by atoms with Gasteiger partial charge in [0.2, 0.25) is 0 Å². The second-order valence-electron chi connectivity index (χ2n) is 12.1. The number of hydrogen-bond donors (Lipinski definition) is 2. The molecule has 214 valence electrons. The van der Waals surface area contributed by atoms with E-state index in [4.69, 9.17) is 0 Å². The smallest absolute Gasteiger partial charge is 0.416 e. The lowest BCUT2D eigenvalue weighted by molar-refractivity contribution is -0.138. The fourth-order valence-corrected chi connectivity index (χ4v) is 4.56. The van der Waals surface area contributed by atoms with Crippen LogP contribution in [-0.2, 0) is 23.2 Å². The van der Waals surface area contributed by atoms with E-state index >= 15 is 0 Å². The highest BCUT2D eigenvalue weighted by Gasteiger charge is 2.35. The van der Waals surface area contributed by atoms with Crippen LogP contribution in [0.3, 0.4) is 0 Å². The van der Waals surface area contributed by atoms with Gasteiger partial charge in [-0.1, -0.05) is 41.5 Å². The molecule has 0 spiro atoms. The zero-order valence-corrected chi connectivity index (χ0v) is 22.8. The van der Waals surface area contributed by atoms with Crippen LogP contribution >= 0.6 is 0 Å². The Morgan fingerprint density at radius 3 is 1.26 bits per heavy atom. The zero-order valence-electron chi connectivity index (χ0n) is 22.8. The average Bonchev–Trinajstić information content (AvgIpc) is 3.22. The van der Waals surface area contributed by atoms with Crippen LogP contribution in [0.4, 0.5) is 26.3 Å². The van der Waals surface area contributed by atoms with Gasteiger partial charge in [0.15, 0.2) is 0 Å². The Labute approximate surface area is 224 Å². The maximum absolute atomic E-state index is 13.5. The Morgan fingerprint density at radius 1 is 0.641 bits per heavy atom. The molecule has 2 unspecified atom stereocenters. The van der Waals surface area contributed by atoms with Crippen molar-refractivity contribution in [3.8, 4) is 11.5 Å². The fraction of sp³-hybridized carbons (Fsp3) is 0.517. The van der Waals surface area contributed by atoms with Crippen molar-refractivity contribution >= 4 is 12.4 Å². The molecular weight excluding hydrogens is 522 g/mol. The summed E-state index contributed by atoms with van der Waals surface area (Å²) in [5.74, 6) is -0.525. The van der Waals surface area contributed by atoms with Crippen LogP contribution in [0.1, 0.15) is 94.2 Å². The van der Waals surface area contributed by atoms with Crippen LogP contribution in [0.25, 0.3) is 0 Å². The maximum Gasteiger partial charge on any atom is 0.416 e. The molecule has 2 aromatic rings. The summed E-state index contributed by atoms with van der Waals surface area (Å²) in [4.78, 5) is 8.78. The lowest BCUT2D eigenvalue weighted by Gasteiger charge is -2.23. The summed E-state index contributed by atoms with van der Waals surface area (Å²) in [6.07, 6.45) is -5.16. The number of aliphatic imine (C=N–C) groups is 2. The molecule has 0 radical (unpaired) electrons. The van der Waals surface area contributed by atoms with E-state index in [-0.39, 0.29) is 45.8 Å². The molecule has 2 atom stereocenters. The van der Waals surface area contributed by atoms with Crippen LogP contribution in [0.5, 0.6) is 11.5 Å². The summed E-state index contributed by atoms with van der Waals surface area (Å²) in [5, 5.41) is 21.3. The van der Waals surface area contributed by atoms with Gasteiger partial charge < -0.3 is 10.2 Å². The first kappa shape index (κ1) is 30.5. The monoisotopic (exact) mass is 556 g/mol. The van der Waals surface area contributed by atoms with Gasteiger partial charge in [0, 0.05) is 34.7 Å². The quantitative estimate of drug-likeness (QED) is 0.295. The lowest BCUT2D eigenvalue weighted by Crippen LogP contribution is -2.15. The fourth-order valence-electron chi connectivity index (χ4n) is 4.56. The molecule has 0 saturated heterocycles. The number of nitrogens with zero attached hydrogens (tertiary/aromatic N) is 2. The second kappa shape index (κ2) is 10.5. The molecule has 0 aliphatic heterocycles. The van der Waals surface area contributed by atoms with E-state index in [0.29, 0.717) is 19.3 Å². The number of halogens is 6. The SMILES string of the molecule is CC(C)(C)c1cc(C(F)(F)F)cc(C=NC2CCC(N=Cc3cc(C(F)(F)F)cc(C(C)(C)C)c3O)C2)c1O. The number of hydrogen-bond acceptors (Lipinski definition) is 4. The molecule has 0 aromatic heterocycles. The van der Waals surface area contributed by atoms with Gasteiger partial charge in [-0.05, 0) is 54.4 Å². The van der Waals surface area contributed by atoms with Crippen molar-refractivity contribution in [3.05, 3.63) is 57.6 Å². The van der Waals surface area contributed by atoms with Crippen LogP contribution in [0, 0.1) is 0 Å². The molecule has 2 N–H and O–H groups in total. The number of benzene rings is 2. The Morgan fingerprint density at radius 2 is 0.974 bits per heavy atom. The largest absolute Gasteiger partial charge is 0.507 e. The molecule has 10 heteroatoms. The number of rotatable bonds is 4. The topological polar surface area (TPSA) is 65.2 Å². The Hall–Kier alpha value is -3.04. The first-order valence-electron chi connectivity index (χ1n) is 12.6. The Kier molecular flexibility index (Phi) is 8.21. The lowest BCUT2D eigenvalue weighted by atomic mass is 9.84. The van der Waals surface area contributed by atoms with Crippen LogP contribution < -0.4 is 0 Å². The third kappa shape index (κ3) is 7.33. The van der Waals surface area contributed by atoms with E-state index in [2.05, 4.69) is 9.98 Å². The van der Waals surface area contributed by atoms with Gasteiger partial charge in [0.1, 0.15) is 11.5 Å². The van der Waals surface area contributed by atoms with Crippen LogP contribution in [-0.4, -0.2) is 34.7 Å². The van der Waals surface area contributed by atoms with E-state index in [0.717, 1.165) is 24.3 Å². The summed E-state index contributed by atoms with van der Waals surface area (Å²) >= 11 is 0. The number of phenolic OH excluding ortho intramolecular Hbond substituents is 2. The van der Waals surface area contributed by atoms with Crippen molar-refractivity contribution in [1.29, 1.82) is 0 Å². The molecular formula is C29H34F6N2O2. The zero-order chi connectivity index (χ0) is 29.6. The van der Waals surface area contributed by atoms with Gasteiger partial charge in [0.05, 0.1) is 23.2 Å². The van der Waals surface area contributed by atoms with Gasteiger partial charge in [-0.15, -0.1) is 0 Å². The van der Waals surface area contributed by atoms with Crippen molar-refractivity contribution in [3.63, 3.8) is 0 Å². The predicted octanol–water partition coefficient (Wildman–Crippen LogP) is 8.19. The number of phenols is 2. The van der Waals surface area contributed by atoms with Gasteiger partial charge in [0.25, 0.3) is 0 Å². The van der Waals surface area contributed by atoms with Gasteiger partial charge in [-0.25, -0.2) is 0 Å². The summed E-state index contributed by atoms with van der Waals surface area (Å²) < 4.78 is 80.8. The minimum Gasteiger partial charge on any atom is -0.507 e. The summed E-state index contributed by atoms with van der Waals surface area (Å²) in [5.41, 5.74) is -2.99. The van der Waals surface area contributed by atoms with Crippen molar-refractivity contribution in [2.45, 2.75) is 96.1 Å². The van der Waals surface area contributed by atoms with Gasteiger partial charge in [-0.3, -0.25) is 9.98 Å². The summed E-state index contributed by atoms with van der Waals surface area (Å²) in [6.45, 7) is 10.2. The maximum atomic E-state index is 13.5. The molecule has 1 aliphatic rings. The third-order valence-corrected chi connectivity index (χ3v) is 6.78. The van der Waals surface area contributed by atoms with E-state index in [1.54, 1.807) is 41.5 Å². The predicted molar refractivity (Wildman–Crippen MR) is 140 cm³/mol. The highest BCUT2D eigenvalue weighted by Crippen LogP contribution is 2.40. The molecule has 3 rings (SSSR count). The number of aromatic hydroxyl groups is 2. The first-order valence-corrected chi connectivity index (χ1v) is 12.6. The van der Waals surface area contributed by atoms with E-state index in [9.17, 15) is 36.6 Å². The van der Waals surface area contributed by atoms with Crippen molar-refractivity contribution in [1.82, 2.24) is 0 Å². The third-order valence-electron chi connectivity index (χ3n) is 6.78. The van der Waals surface area contributed by atoms with E-state index < -0.39 is 34.3 Å². The molecule has 0 bridgehead atoms. The van der Waals surface area contributed by atoms with Gasteiger partial charge in [-0.2, -0.15) is 26.3 Å². The van der Waals surface area contributed by atoms with Crippen molar-refractivity contribution in [2.75, 3.05) is 0 Å². The minimum absolute atomic E-state index is 0.0368. The van der Waals surface area contributed by atoms with Gasteiger partial charge >= 0.3 is 12.4 Å². The van der Waals surface area contributed by atoms with Crippen LogP contribution in [0.2, 0.25) is 0 Å². The second-order valence-corrected chi connectivity index (χ2v) is 12.1. The standard InChI is InChI=1S/C29H34F6N2O2/c1-26(2,3)22-11-18(28(30,31)32)9-16(24(22)38)14-36-20-7-8-21(13-20)37-15-17-10-19(29(33,34)35)12-23(25(17)39)27(4,5)6/h9-12,14-15,20-21,38-39H,7-8,13H2,1-6H3. The minimum atomic E-state index is -4.59. The highest BCUT2D eigenvalue weighted by molar-refractivity contribution is 5.86. The summed E-state index contributed by atoms with van der Waals surface area (Å²) in [7, 11) is 0. The number of alkyl halides is 6. The first-order chi connectivity index (χ1) is 17.7. The molecule has 0 amide bonds. The van der Waals surface area contributed by atoms with E-state index in [1.807, 2.05) is 0 Å². The molecule has 0 heterocycles. The van der Waals surface area contributed by atoms with Crippen molar-refractivity contribution < 1.29 is 36.6 Å². The Balaban J connectivity index is 1.84. The average molecular weight is 557 g/mol.